The van der Waals surface area contributed by atoms with E-state index in [0.29, 0.717) is 0 Å². The zero-order chi connectivity index (χ0) is 6.69. The quantitative estimate of drug-likeness (QED) is 0.498. The van der Waals surface area contributed by atoms with Crippen molar-refractivity contribution in [3.8, 4) is 0 Å². The highest BCUT2D eigenvalue weighted by molar-refractivity contribution is 5.86. The molecule has 0 aromatic carbocycles. The van der Waals surface area contributed by atoms with Crippen molar-refractivity contribution in [3.05, 3.63) is 11.8 Å². The topological polar surface area (TPSA) is 67.8 Å². The van der Waals surface area contributed by atoms with E-state index >= 15 is 0 Å². The van der Waals surface area contributed by atoms with Gasteiger partial charge in [0.05, 0.1) is 0 Å². The summed E-state index contributed by atoms with van der Waals surface area (Å²) in [7, 11) is 0. The summed E-state index contributed by atoms with van der Waals surface area (Å²) in [4.78, 5) is 18.8. The van der Waals surface area contributed by atoms with Crippen LogP contribution in [0.2, 0.25) is 0 Å². The van der Waals surface area contributed by atoms with Crippen LogP contribution in [0.3, 0.4) is 0 Å². The number of aliphatic carboxylic acids is 1. The van der Waals surface area contributed by atoms with E-state index in [4.69, 9.17) is 5.11 Å². The predicted molar refractivity (Wildman–Crippen MR) is 25.9 cm³/mol. The van der Waals surface area contributed by atoms with Crippen LogP contribution in [-0.4, -0.2) is 17.7 Å². The molecule has 0 radical (unpaired) electrons. The Bertz CT molecular complexity index is 153. The highest BCUT2D eigenvalue weighted by Crippen LogP contribution is 1.98. The molecule has 9 heavy (non-hydrogen) atoms. The van der Waals surface area contributed by atoms with Crippen LogP contribution in [0, 0.1) is 0 Å². The molecule has 0 atom stereocenters. The summed E-state index contributed by atoms with van der Waals surface area (Å²) in [5.74, 6) is -1.03. The lowest BCUT2D eigenvalue weighted by molar-refractivity contribution is -0.154. The van der Waals surface area contributed by atoms with Crippen molar-refractivity contribution in [2.75, 3.05) is 6.61 Å². The van der Waals surface area contributed by atoms with Gasteiger partial charge in [-0.15, -0.1) is 0 Å². The molecule has 0 unspecified atom stereocenters. The SMILES string of the molecule is O=C(O)C1=CONOC1. The van der Waals surface area contributed by atoms with Gasteiger partial charge in [-0.2, -0.15) is 0 Å². The van der Waals surface area contributed by atoms with Crippen LogP contribution in [0.4, 0.5) is 0 Å². The lowest BCUT2D eigenvalue weighted by Gasteiger charge is -2.09. The van der Waals surface area contributed by atoms with Gasteiger partial charge in [0, 0.05) is 0 Å². The van der Waals surface area contributed by atoms with E-state index in [1.165, 1.54) is 0 Å². The van der Waals surface area contributed by atoms with Gasteiger partial charge in [0.25, 0.3) is 0 Å². The van der Waals surface area contributed by atoms with Gasteiger partial charge < -0.3 is 9.94 Å². The molecule has 50 valence electrons. The number of hydrogen-bond donors (Lipinski definition) is 2. The largest absolute Gasteiger partial charge is 0.478 e. The monoisotopic (exact) mass is 131 g/mol. The highest BCUT2D eigenvalue weighted by atomic mass is 16.9. The van der Waals surface area contributed by atoms with Crippen LogP contribution in [0.1, 0.15) is 0 Å². The van der Waals surface area contributed by atoms with Gasteiger partial charge in [-0.05, 0) is 5.64 Å². The van der Waals surface area contributed by atoms with Crippen molar-refractivity contribution in [3.63, 3.8) is 0 Å². The van der Waals surface area contributed by atoms with Gasteiger partial charge in [-0.1, -0.05) is 0 Å². The van der Waals surface area contributed by atoms with Gasteiger partial charge in [0.1, 0.15) is 18.4 Å². The predicted octanol–water partition coefficient (Wildman–Crippen LogP) is -0.579. The summed E-state index contributed by atoms with van der Waals surface area (Å²) in [6.45, 7) is 0.0231. The molecule has 5 heteroatoms. The maximum atomic E-state index is 10.1. The Kier molecular flexibility index (Phi) is 1.66. The summed E-state index contributed by atoms with van der Waals surface area (Å²) in [5, 5.41) is 8.28. The van der Waals surface area contributed by atoms with E-state index in [1.807, 2.05) is 5.64 Å². The zero-order valence-corrected chi connectivity index (χ0v) is 4.46. The normalized spacial score (nSPS) is 18.0. The van der Waals surface area contributed by atoms with Crippen molar-refractivity contribution in [2.24, 2.45) is 0 Å². The van der Waals surface area contributed by atoms with Gasteiger partial charge in [0.2, 0.25) is 0 Å². The average molecular weight is 131 g/mol. The Hall–Kier alpha value is -1.07. The Balaban J connectivity index is 2.57. The van der Waals surface area contributed by atoms with Crippen molar-refractivity contribution >= 4 is 5.97 Å². The van der Waals surface area contributed by atoms with Crippen molar-refractivity contribution in [1.29, 1.82) is 0 Å². The molecule has 0 aromatic rings. The number of hydrogen-bond acceptors (Lipinski definition) is 4. The summed E-state index contributed by atoms with van der Waals surface area (Å²) >= 11 is 0. The van der Waals surface area contributed by atoms with Crippen molar-refractivity contribution in [2.45, 2.75) is 0 Å². The van der Waals surface area contributed by atoms with E-state index < -0.39 is 5.97 Å². The number of nitrogens with one attached hydrogen (secondary N) is 1. The minimum Gasteiger partial charge on any atom is -0.478 e. The Morgan fingerprint density at radius 1 is 1.89 bits per heavy atom. The minimum atomic E-state index is -1.03. The lowest BCUT2D eigenvalue weighted by atomic mass is 10.3. The fraction of sp³-hybridized carbons (Fsp3) is 0.250. The Morgan fingerprint density at radius 2 is 2.67 bits per heavy atom. The molecular formula is C4H5NO4. The van der Waals surface area contributed by atoms with Crippen LogP contribution < -0.4 is 5.64 Å². The van der Waals surface area contributed by atoms with E-state index in [0.717, 1.165) is 6.26 Å². The molecule has 2 N–H and O–H groups in total. The molecule has 1 rings (SSSR count). The molecular weight excluding hydrogens is 126 g/mol. The highest BCUT2D eigenvalue weighted by Gasteiger charge is 2.11. The van der Waals surface area contributed by atoms with E-state index in [-0.39, 0.29) is 12.2 Å². The molecule has 0 aromatic heterocycles. The average Bonchev–Trinajstić information content (AvgIpc) is 1.90. The minimum absolute atomic E-state index is 0.0231. The molecule has 0 spiro atoms. The van der Waals surface area contributed by atoms with Gasteiger partial charge in [0.15, 0.2) is 0 Å². The molecule has 0 saturated carbocycles. The first kappa shape index (κ1) is 6.06. The van der Waals surface area contributed by atoms with Gasteiger partial charge in [-0.25, -0.2) is 4.79 Å². The molecule has 0 bridgehead atoms. The Morgan fingerprint density at radius 3 is 3.00 bits per heavy atom. The van der Waals surface area contributed by atoms with Crippen molar-refractivity contribution in [1.82, 2.24) is 5.64 Å². The lowest BCUT2D eigenvalue weighted by Crippen LogP contribution is -2.23. The van der Waals surface area contributed by atoms with Crippen LogP contribution in [0.5, 0.6) is 0 Å². The fourth-order valence-corrected chi connectivity index (χ4v) is 0.383. The molecule has 0 amide bonds. The molecule has 0 fully saturated rings. The van der Waals surface area contributed by atoms with E-state index in [9.17, 15) is 4.79 Å². The third-order valence-corrected chi connectivity index (χ3v) is 0.811. The Labute approximate surface area is 50.8 Å². The van der Waals surface area contributed by atoms with E-state index in [2.05, 4.69) is 9.68 Å². The van der Waals surface area contributed by atoms with Gasteiger partial charge in [-0.3, -0.25) is 4.84 Å². The first-order chi connectivity index (χ1) is 4.30. The number of rotatable bonds is 1. The standard InChI is InChI=1S/C4H5NO4/c6-4(7)3-1-8-5-9-2-3/h1,5H,2H2,(H,6,7). The maximum absolute atomic E-state index is 10.1. The third kappa shape index (κ3) is 1.41. The molecule has 1 heterocycles. The van der Waals surface area contributed by atoms with Crippen LogP contribution in [0.15, 0.2) is 11.8 Å². The number of carboxylic acid groups (broad SMARTS) is 1. The van der Waals surface area contributed by atoms with Crippen LogP contribution in [-0.2, 0) is 14.5 Å². The molecule has 1 aliphatic heterocycles. The summed E-state index contributed by atoms with van der Waals surface area (Å²) in [6, 6.07) is 0. The van der Waals surface area contributed by atoms with Gasteiger partial charge >= 0.3 is 5.97 Å². The third-order valence-electron chi connectivity index (χ3n) is 0.811. The summed E-state index contributed by atoms with van der Waals surface area (Å²) in [5.41, 5.74) is 2.12. The summed E-state index contributed by atoms with van der Waals surface area (Å²) < 4.78 is 0. The molecule has 0 saturated heterocycles. The van der Waals surface area contributed by atoms with Crippen LogP contribution >= 0.6 is 0 Å². The van der Waals surface area contributed by atoms with Crippen molar-refractivity contribution < 1.29 is 19.6 Å². The second-order valence-electron chi connectivity index (χ2n) is 1.44. The second kappa shape index (κ2) is 2.47. The zero-order valence-electron chi connectivity index (χ0n) is 4.46. The summed E-state index contributed by atoms with van der Waals surface area (Å²) in [6.07, 6.45) is 1.09. The first-order valence-corrected chi connectivity index (χ1v) is 2.25. The first-order valence-electron chi connectivity index (χ1n) is 2.25. The number of carbonyl (C=O) groups is 1. The van der Waals surface area contributed by atoms with E-state index in [1.54, 1.807) is 0 Å². The molecule has 5 nitrogen and oxygen atoms in total. The van der Waals surface area contributed by atoms with Crippen LogP contribution in [0.25, 0.3) is 0 Å². The number of carboxylic acids is 1. The second-order valence-corrected chi connectivity index (χ2v) is 1.44. The maximum Gasteiger partial charge on any atom is 0.337 e. The smallest absolute Gasteiger partial charge is 0.337 e. The molecule has 0 aliphatic carbocycles. The molecule has 1 aliphatic rings. The fourth-order valence-electron chi connectivity index (χ4n) is 0.383.